The van der Waals surface area contributed by atoms with Gasteiger partial charge in [0.15, 0.2) is 0 Å². The molecule has 0 radical (unpaired) electrons. The minimum absolute atomic E-state index is 0.0625. The topological polar surface area (TPSA) is 26.0 Å². The number of rotatable bonds is 1. The lowest BCUT2D eigenvalue weighted by atomic mass is 10.0. The molecule has 1 rings (SSSR count). The molecule has 0 saturated heterocycles. The fourth-order valence-corrected chi connectivity index (χ4v) is 1.35. The average Bonchev–Trinajstić information content (AvgIpc) is 2.08. The van der Waals surface area contributed by atoms with Crippen LogP contribution in [0.1, 0.15) is 27.2 Å². The van der Waals surface area contributed by atoms with Gasteiger partial charge >= 0.3 is 0 Å². The molecular weight excluding hydrogens is 117 g/mol. The van der Waals surface area contributed by atoms with Crippen LogP contribution in [0.3, 0.4) is 0 Å². The Hall–Kier alpha value is -0.110. The second kappa shape index (κ2) is 1.48. The molecule has 0 amide bonds. The predicted molar refractivity (Wildman–Crippen MR) is 35.9 cm³/mol. The second-order valence-electron chi connectivity index (χ2n) is 3.61. The van der Waals surface area contributed by atoms with Crippen molar-refractivity contribution in [1.82, 2.24) is 0 Å². The fraction of sp³-hybridized carbons (Fsp3) is 1.00. The van der Waals surface area contributed by atoms with Crippen molar-refractivity contribution < 1.29 is 4.39 Å². The maximum atomic E-state index is 13.3. The number of alkyl halides is 1. The highest BCUT2D eigenvalue weighted by Crippen LogP contribution is 2.53. The number of hydrogen-bond donors (Lipinski definition) is 1. The second-order valence-corrected chi connectivity index (χ2v) is 3.61. The van der Waals surface area contributed by atoms with E-state index in [0.29, 0.717) is 6.42 Å². The molecule has 2 atom stereocenters. The molecule has 1 nitrogen and oxygen atoms in total. The van der Waals surface area contributed by atoms with Crippen LogP contribution in [0.5, 0.6) is 0 Å². The molecule has 1 aliphatic rings. The van der Waals surface area contributed by atoms with E-state index in [1.54, 1.807) is 6.92 Å². The first-order valence-corrected chi connectivity index (χ1v) is 3.38. The van der Waals surface area contributed by atoms with Crippen LogP contribution in [0.4, 0.5) is 4.39 Å². The zero-order chi connectivity index (χ0) is 7.28. The molecule has 9 heavy (non-hydrogen) atoms. The lowest BCUT2D eigenvalue weighted by Crippen LogP contribution is -2.31. The van der Waals surface area contributed by atoms with Gasteiger partial charge in [0.1, 0.15) is 5.67 Å². The smallest absolute Gasteiger partial charge is 0.132 e. The minimum Gasteiger partial charge on any atom is -0.323 e. The van der Waals surface area contributed by atoms with Gasteiger partial charge in [0.25, 0.3) is 0 Å². The maximum absolute atomic E-state index is 13.3. The van der Waals surface area contributed by atoms with E-state index in [1.165, 1.54) is 0 Å². The van der Waals surface area contributed by atoms with Crippen LogP contribution >= 0.6 is 0 Å². The highest BCUT2D eigenvalue weighted by atomic mass is 19.1. The van der Waals surface area contributed by atoms with E-state index in [1.807, 2.05) is 13.8 Å². The van der Waals surface area contributed by atoms with Crippen LogP contribution in [0, 0.1) is 5.92 Å². The third kappa shape index (κ3) is 0.767. The van der Waals surface area contributed by atoms with Gasteiger partial charge in [-0.15, -0.1) is 0 Å². The van der Waals surface area contributed by atoms with Crippen LogP contribution in [0.2, 0.25) is 0 Å². The quantitative estimate of drug-likeness (QED) is 0.573. The van der Waals surface area contributed by atoms with Crippen molar-refractivity contribution in [2.45, 2.75) is 38.4 Å². The molecular formula is C7H14FN. The average molecular weight is 131 g/mol. The molecule has 0 bridgehead atoms. The van der Waals surface area contributed by atoms with E-state index in [4.69, 9.17) is 5.73 Å². The van der Waals surface area contributed by atoms with Crippen molar-refractivity contribution in [2.75, 3.05) is 0 Å². The van der Waals surface area contributed by atoms with Crippen LogP contribution < -0.4 is 5.73 Å². The predicted octanol–water partition coefficient (Wildman–Crippen LogP) is 1.47. The van der Waals surface area contributed by atoms with Crippen molar-refractivity contribution >= 4 is 0 Å². The SMILES string of the molecule is CC(C)C1(F)CC1(C)N. The molecule has 1 aliphatic carbocycles. The van der Waals surface area contributed by atoms with E-state index in [2.05, 4.69) is 0 Å². The van der Waals surface area contributed by atoms with E-state index in [-0.39, 0.29) is 5.92 Å². The van der Waals surface area contributed by atoms with Crippen molar-refractivity contribution in [1.29, 1.82) is 0 Å². The van der Waals surface area contributed by atoms with Gasteiger partial charge in [-0.25, -0.2) is 4.39 Å². The first kappa shape index (κ1) is 7.00. The zero-order valence-corrected chi connectivity index (χ0v) is 6.24. The van der Waals surface area contributed by atoms with Gasteiger partial charge in [-0.3, -0.25) is 0 Å². The third-order valence-electron chi connectivity index (χ3n) is 2.36. The Morgan fingerprint density at radius 2 is 1.89 bits per heavy atom. The summed E-state index contributed by atoms with van der Waals surface area (Å²) in [6.07, 6.45) is 0.525. The Morgan fingerprint density at radius 1 is 1.56 bits per heavy atom. The molecule has 0 aromatic rings. The van der Waals surface area contributed by atoms with Crippen molar-refractivity contribution in [3.8, 4) is 0 Å². The van der Waals surface area contributed by atoms with Gasteiger partial charge < -0.3 is 5.73 Å². The van der Waals surface area contributed by atoms with Crippen LogP contribution in [0.15, 0.2) is 0 Å². The number of halogens is 1. The fourth-order valence-electron chi connectivity index (χ4n) is 1.35. The number of nitrogens with two attached hydrogens (primary N) is 1. The normalized spacial score (nSPS) is 50.0. The first-order valence-electron chi connectivity index (χ1n) is 3.38. The Balaban J connectivity index is 2.63. The molecule has 2 heteroatoms. The summed E-state index contributed by atoms with van der Waals surface area (Å²) in [5.41, 5.74) is 3.95. The molecule has 0 aromatic carbocycles. The standard InChI is InChI=1S/C7H14FN/c1-5(2)7(8)4-6(7,3)9/h5H,4,9H2,1-3H3. The van der Waals surface area contributed by atoms with Gasteiger partial charge in [-0.2, -0.15) is 0 Å². The number of hydrogen-bond acceptors (Lipinski definition) is 1. The van der Waals surface area contributed by atoms with Crippen LogP contribution in [0.25, 0.3) is 0 Å². The van der Waals surface area contributed by atoms with Crippen molar-refractivity contribution in [3.63, 3.8) is 0 Å². The van der Waals surface area contributed by atoms with Gasteiger partial charge in [0, 0.05) is 6.42 Å². The monoisotopic (exact) mass is 131 g/mol. The summed E-state index contributed by atoms with van der Waals surface area (Å²) in [7, 11) is 0. The van der Waals surface area contributed by atoms with Gasteiger partial charge in [0.05, 0.1) is 5.54 Å². The molecule has 1 fully saturated rings. The highest BCUT2D eigenvalue weighted by Gasteiger charge is 2.65. The first-order chi connectivity index (χ1) is 3.90. The minimum atomic E-state index is -1.08. The zero-order valence-electron chi connectivity index (χ0n) is 6.24. The van der Waals surface area contributed by atoms with Gasteiger partial charge in [-0.05, 0) is 12.8 Å². The summed E-state index contributed by atoms with van der Waals surface area (Å²) in [5, 5.41) is 0. The van der Waals surface area contributed by atoms with E-state index in [9.17, 15) is 4.39 Å². The molecule has 1 saturated carbocycles. The Bertz CT molecular complexity index is 131. The largest absolute Gasteiger partial charge is 0.323 e. The molecule has 2 N–H and O–H groups in total. The molecule has 54 valence electrons. The summed E-state index contributed by atoms with van der Waals surface area (Å²) in [4.78, 5) is 0. The summed E-state index contributed by atoms with van der Waals surface area (Å²) in [6, 6.07) is 0. The van der Waals surface area contributed by atoms with E-state index >= 15 is 0 Å². The Labute approximate surface area is 55.4 Å². The molecule has 0 spiro atoms. The van der Waals surface area contributed by atoms with Crippen LogP contribution in [-0.4, -0.2) is 11.2 Å². The summed E-state index contributed by atoms with van der Waals surface area (Å²) in [5.74, 6) is 0.0625. The summed E-state index contributed by atoms with van der Waals surface area (Å²) < 4.78 is 13.3. The molecule has 0 heterocycles. The van der Waals surface area contributed by atoms with Gasteiger partial charge in [0.2, 0.25) is 0 Å². The van der Waals surface area contributed by atoms with E-state index < -0.39 is 11.2 Å². The summed E-state index contributed by atoms with van der Waals surface area (Å²) in [6.45, 7) is 5.52. The Kier molecular flexibility index (Phi) is 1.15. The Morgan fingerprint density at radius 3 is 1.89 bits per heavy atom. The van der Waals surface area contributed by atoms with Crippen molar-refractivity contribution in [3.05, 3.63) is 0 Å². The van der Waals surface area contributed by atoms with E-state index in [0.717, 1.165) is 0 Å². The maximum Gasteiger partial charge on any atom is 0.132 e. The van der Waals surface area contributed by atoms with Crippen LogP contribution in [-0.2, 0) is 0 Å². The van der Waals surface area contributed by atoms with Crippen molar-refractivity contribution in [2.24, 2.45) is 11.7 Å². The molecule has 0 aromatic heterocycles. The lowest BCUT2D eigenvalue weighted by molar-refractivity contribution is 0.198. The third-order valence-corrected chi connectivity index (χ3v) is 2.36. The molecule has 0 aliphatic heterocycles. The van der Waals surface area contributed by atoms with Gasteiger partial charge in [-0.1, -0.05) is 13.8 Å². The summed E-state index contributed by atoms with van der Waals surface area (Å²) >= 11 is 0. The molecule has 2 unspecified atom stereocenters. The highest BCUT2D eigenvalue weighted by molar-refractivity contribution is 5.20. The lowest BCUT2D eigenvalue weighted by Gasteiger charge is -2.13.